The van der Waals surface area contributed by atoms with Crippen LogP contribution in [0.1, 0.15) is 26.7 Å². The highest BCUT2D eigenvalue weighted by atomic mass is 16.6. The van der Waals surface area contributed by atoms with Gasteiger partial charge >= 0.3 is 6.03 Å². The number of hydrogen-bond donors (Lipinski definition) is 2. The van der Waals surface area contributed by atoms with E-state index in [0.717, 1.165) is 12.8 Å². The summed E-state index contributed by atoms with van der Waals surface area (Å²) in [7, 11) is 0. The van der Waals surface area contributed by atoms with Crippen LogP contribution in [0.25, 0.3) is 0 Å². The van der Waals surface area contributed by atoms with Crippen molar-refractivity contribution in [2.24, 2.45) is 0 Å². The highest BCUT2D eigenvalue weighted by molar-refractivity contribution is 5.76. The molecule has 0 aromatic rings. The van der Waals surface area contributed by atoms with Crippen LogP contribution in [0.5, 0.6) is 0 Å². The minimum absolute atomic E-state index is 0.229. The van der Waals surface area contributed by atoms with Gasteiger partial charge in [-0.2, -0.15) is 0 Å². The van der Waals surface area contributed by atoms with Crippen LogP contribution in [-0.4, -0.2) is 31.7 Å². The molecular formula is C9H18N2O3. The molecule has 5 heteroatoms. The fourth-order valence-electron chi connectivity index (χ4n) is 1.20. The Morgan fingerprint density at radius 1 is 1.07 bits per heavy atom. The van der Waals surface area contributed by atoms with Crippen LogP contribution in [-0.2, 0) is 9.47 Å². The van der Waals surface area contributed by atoms with Crippen LogP contribution >= 0.6 is 0 Å². The maximum atomic E-state index is 11.0. The van der Waals surface area contributed by atoms with Crippen molar-refractivity contribution in [2.45, 2.75) is 39.1 Å². The zero-order valence-electron chi connectivity index (χ0n) is 8.71. The molecule has 0 saturated carbocycles. The van der Waals surface area contributed by atoms with Crippen molar-refractivity contribution in [3.63, 3.8) is 0 Å². The standard InChI is InChI=1S/C9H18N2O3/c1-3-5-13-7-8(14-6-4-2)11-9(12)10-7/h7-8H,3-6H2,1-2H3,(H2,10,11,12). The predicted octanol–water partition coefficient (Wildman–Crippen LogP) is 0.805. The van der Waals surface area contributed by atoms with E-state index < -0.39 is 0 Å². The zero-order valence-corrected chi connectivity index (χ0v) is 8.71. The first-order valence-electron chi connectivity index (χ1n) is 5.08. The van der Waals surface area contributed by atoms with E-state index >= 15 is 0 Å². The van der Waals surface area contributed by atoms with Gasteiger partial charge in [0.1, 0.15) is 0 Å². The summed E-state index contributed by atoms with van der Waals surface area (Å²) in [5.41, 5.74) is 0. The smallest absolute Gasteiger partial charge is 0.319 e. The topological polar surface area (TPSA) is 59.6 Å². The summed E-state index contributed by atoms with van der Waals surface area (Å²) < 4.78 is 10.8. The minimum atomic E-state index is -0.353. The minimum Gasteiger partial charge on any atom is -0.354 e. The van der Waals surface area contributed by atoms with Crippen molar-refractivity contribution >= 4 is 6.03 Å². The Bertz CT molecular complexity index is 169. The van der Waals surface area contributed by atoms with Crippen LogP contribution in [0.4, 0.5) is 4.79 Å². The molecule has 1 saturated heterocycles. The Balaban J connectivity index is 2.33. The third kappa shape index (κ3) is 3.16. The molecule has 2 amide bonds. The van der Waals surface area contributed by atoms with Crippen molar-refractivity contribution in [3.05, 3.63) is 0 Å². The largest absolute Gasteiger partial charge is 0.354 e. The molecule has 0 aliphatic carbocycles. The molecule has 0 bridgehead atoms. The van der Waals surface area contributed by atoms with E-state index in [0.29, 0.717) is 13.2 Å². The molecule has 1 rings (SSSR count). The van der Waals surface area contributed by atoms with Gasteiger partial charge in [0.15, 0.2) is 12.5 Å². The van der Waals surface area contributed by atoms with Gasteiger partial charge < -0.3 is 20.1 Å². The number of ether oxygens (including phenoxy) is 2. The molecule has 14 heavy (non-hydrogen) atoms. The number of carbonyl (C=O) groups is 1. The monoisotopic (exact) mass is 202 g/mol. The molecule has 1 aliphatic rings. The van der Waals surface area contributed by atoms with E-state index in [1.807, 2.05) is 13.8 Å². The molecule has 1 aliphatic heterocycles. The maximum Gasteiger partial charge on any atom is 0.319 e. The van der Waals surface area contributed by atoms with E-state index in [2.05, 4.69) is 10.6 Å². The average molecular weight is 202 g/mol. The van der Waals surface area contributed by atoms with Gasteiger partial charge in [-0.15, -0.1) is 0 Å². The Labute approximate surface area is 84.1 Å². The van der Waals surface area contributed by atoms with Crippen LogP contribution in [0.2, 0.25) is 0 Å². The van der Waals surface area contributed by atoms with Gasteiger partial charge in [-0.1, -0.05) is 13.8 Å². The van der Waals surface area contributed by atoms with Gasteiger partial charge in [0.25, 0.3) is 0 Å². The van der Waals surface area contributed by atoms with Gasteiger partial charge in [-0.3, -0.25) is 0 Å². The number of nitrogens with one attached hydrogen (secondary N) is 2. The molecule has 1 fully saturated rings. The van der Waals surface area contributed by atoms with Crippen molar-refractivity contribution < 1.29 is 14.3 Å². The van der Waals surface area contributed by atoms with Crippen LogP contribution < -0.4 is 10.6 Å². The quantitative estimate of drug-likeness (QED) is 0.670. The molecular weight excluding hydrogens is 184 g/mol. The Hall–Kier alpha value is -0.810. The van der Waals surface area contributed by atoms with E-state index in [-0.39, 0.29) is 18.5 Å². The van der Waals surface area contributed by atoms with Crippen LogP contribution in [0, 0.1) is 0 Å². The summed E-state index contributed by atoms with van der Waals surface area (Å²) in [4.78, 5) is 11.0. The molecule has 1 heterocycles. The first-order chi connectivity index (χ1) is 6.77. The molecule has 0 aromatic carbocycles. The molecule has 2 unspecified atom stereocenters. The third-order valence-electron chi connectivity index (χ3n) is 1.82. The lowest BCUT2D eigenvalue weighted by Crippen LogP contribution is -2.38. The van der Waals surface area contributed by atoms with E-state index in [1.54, 1.807) is 0 Å². The third-order valence-corrected chi connectivity index (χ3v) is 1.82. The van der Waals surface area contributed by atoms with E-state index in [9.17, 15) is 4.79 Å². The van der Waals surface area contributed by atoms with Crippen molar-refractivity contribution in [1.82, 2.24) is 10.6 Å². The second-order valence-electron chi connectivity index (χ2n) is 3.20. The van der Waals surface area contributed by atoms with Crippen LogP contribution in [0.15, 0.2) is 0 Å². The average Bonchev–Trinajstić information content (AvgIpc) is 2.52. The fraction of sp³-hybridized carbons (Fsp3) is 0.889. The Morgan fingerprint density at radius 2 is 1.50 bits per heavy atom. The number of rotatable bonds is 6. The van der Waals surface area contributed by atoms with Crippen molar-refractivity contribution in [2.75, 3.05) is 13.2 Å². The highest BCUT2D eigenvalue weighted by Crippen LogP contribution is 2.06. The van der Waals surface area contributed by atoms with Gasteiger partial charge in [-0.25, -0.2) is 4.79 Å². The molecule has 82 valence electrons. The Kier molecular flexibility index (Phi) is 4.69. The SMILES string of the molecule is CCCOC1NC(=O)NC1OCCC. The summed E-state index contributed by atoms with van der Waals surface area (Å²) in [6.45, 7) is 5.29. The van der Waals surface area contributed by atoms with E-state index in [4.69, 9.17) is 9.47 Å². The lowest BCUT2D eigenvalue weighted by atomic mass is 10.4. The predicted molar refractivity (Wildman–Crippen MR) is 51.7 cm³/mol. The highest BCUT2D eigenvalue weighted by Gasteiger charge is 2.32. The molecule has 2 N–H and O–H groups in total. The Morgan fingerprint density at radius 3 is 1.86 bits per heavy atom. The van der Waals surface area contributed by atoms with Crippen molar-refractivity contribution in [1.29, 1.82) is 0 Å². The molecule has 0 radical (unpaired) electrons. The van der Waals surface area contributed by atoms with Crippen LogP contribution in [0.3, 0.4) is 0 Å². The summed E-state index contributed by atoms with van der Waals surface area (Å²) in [6, 6.07) is -0.229. The van der Waals surface area contributed by atoms with Crippen molar-refractivity contribution in [3.8, 4) is 0 Å². The van der Waals surface area contributed by atoms with Gasteiger partial charge in [0.05, 0.1) is 0 Å². The maximum absolute atomic E-state index is 11.0. The fourth-order valence-corrected chi connectivity index (χ4v) is 1.20. The first-order valence-corrected chi connectivity index (χ1v) is 5.08. The number of hydrogen-bond acceptors (Lipinski definition) is 3. The summed E-state index contributed by atoms with van der Waals surface area (Å²) in [5, 5.41) is 5.30. The number of urea groups is 1. The molecule has 5 nitrogen and oxygen atoms in total. The number of carbonyl (C=O) groups excluding carboxylic acids is 1. The molecule has 2 atom stereocenters. The zero-order chi connectivity index (χ0) is 10.4. The summed E-state index contributed by atoms with van der Waals surface area (Å²) in [5.74, 6) is 0. The summed E-state index contributed by atoms with van der Waals surface area (Å²) >= 11 is 0. The lowest BCUT2D eigenvalue weighted by molar-refractivity contribution is -0.0722. The summed E-state index contributed by atoms with van der Waals surface area (Å²) in [6.07, 6.45) is 1.14. The van der Waals surface area contributed by atoms with Gasteiger partial charge in [0.2, 0.25) is 0 Å². The number of amides is 2. The first kappa shape index (κ1) is 11.3. The molecule has 0 spiro atoms. The second kappa shape index (κ2) is 5.82. The lowest BCUT2D eigenvalue weighted by Gasteiger charge is -2.18. The van der Waals surface area contributed by atoms with Gasteiger partial charge in [-0.05, 0) is 12.8 Å². The molecule has 0 aromatic heterocycles. The van der Waals surface area contributed by atoms with Gasteiger partial charge in [0, 0.05) is 13.2 Å². The van der Waals surface area contributed by atoms with E-state index in [1.165, 1.54) is 0 Å². The normalized spacial score (nSPS) is 26.0. The second-order valence-corrected chi connectivity index (χ2v) is 3.20.